The molecule has 0 aromatic heterocycles. The summed E-state index contributed by atoms with van der Waals surface area (Å²) in [5.41, 5.74) is 1.94. The Balaban J connectivity index is 0.00000158. The van der Waals surface area contributed by atoms with Gasteiger partial charge in [-0.2, -0.15) is 0 Å². The zero-order valence-corrected chi connectivity index (χ0v) is 18.4. The van der Waals surface area contributed by atoms with Gasteiger partial charge in [0.15, 0.2) is 0 Å². The number of rotatable bonds is 5. The minimum atomic E-state index is -0.186. The van der Waals surface area contributed by atoms with Crippen LogP contribution in [0.3, 0.4) is 0 Å². The molecule has 0 amide bonds. The molecule has 0 bridgehead atoms. The first kappa shape index (κ1) is 24.6. The van der Waals surface area contributed by atoms with E-state index < -0.39 is 0 Å². The highest BCUT2D eigenvalue weighted by molar-refractivity contribution is 5.71. The Hall–Kier alpha value is -2.42. The van der Waals surface area contributed by atoms with Crippen LogP contribution in [0.25, 0.3) is 12.2 Å². The number of hydrogen-bond donors (Lipinski definition) is 0. The lowest BCUT2D eigenvalue weighted by Gasteiger charge is -2.21. The largest absolute Gasteiger partial charge is 0.497 e. The normalized spacial score (nSPS) is 10.3. The minimum Gasteiger partial charge on any atom is -0.497 e. The summed E-state index contributed by atoms with van der Waals surface area (Å²) in [5.74, 6) is 2.42. The van der Waals surface area contributed by atoms with Crippen molar-refractivity contribution in [3.63, 3.8) is 0 Å². The van der Waals surface area contributed by atoms with E-state index in [9.17, 15) is 0 Å². The Morgan fingerprint density at radius 3 is 1.48 bits per heavy atom. The van der Waals surface area contributed by atoms with Gasteiger partial charge in [-0.05, 0) is 56.2 Å². The van der Waals surface area contributed by atoms with Crippen LogP contribution in [0, 0.1) is 0 Å². The third kappa shape index (κ3) is 9.74. The van der Waals surface area contributed by atoms with Crippen molar-refractivity contribution in [2.24, 2.45) is 0 Å². The molecule has 0 saturated carbocycles. The highest BCUT2D eigenvalue weighted by Gasteiger charge is 2.11. The van der Waals surface area contributed by atoms with Gasteiger partial charge in [0.05, 0.1) is 14.2 Å². The summed E-state index contributed by atoms with van der Waals surface area (Å²) in [5, 5.41) is 0. The first-order valence-corrected chi connectivity index (χ1v) is 9.60. The fraction of sp³-hybridized carbons (Fsp3) is 0.417. The SMILES string of the molecule is CC.CC.COc1cc(/C=C/c2ccc(OC(C)(C)C)cc2)cc(OC)c1. The molecule has 0 radical (unpaired) electrons. The summed E-state index contributed by atoms with van der Waals surface area (Å²) in [6, 6.07) is 13.8. The second-order valence-corrected chi connectivity index (χ2v) is 6.26. The molecule has 0 spiro atoms. The van der Waals surface area contributed by atoms with E-state index in [1.54, 1.807) is 14.2 Å². The van der Waals surface area contributed by atoms with E-state index in [0.717, 1.165) is 28.4 Å². The maximum Gasteiger partial charge on any atom is 0.123 e. The Kier molecular flexibility index (Phi) is 11.7. The molecule has 2 rings (SSSR count). The Morgan fingerprint density at radius 1 is 0.630 bits per heavy atom. The van der Waals surface area contributed by atoms with Crippen molar-refractivity contribution in [3.8, 4) is 17.2 Å². The first-order valence-electron chi connectivity index (χ1n) is 9.60. The lowest BCUT2D eigenvalue weighted by Crippen LogP contribution is -2.22. The van der Waals surface area contributed by atoms with Crippen molar-refractivity contribution < 1.29 is 14.2 Å². The molecule has 0 saturated heterocycles. The van der Waals surface area contributed by atoms with Crippen LogP contribution in [0.1, 0.15) is 59.6 Å². The van der Waals surface area contributed by atoms with Crippen LogP contribution in [0.4, 0.5) is 0 Å². The van der Waals surface area contributed by atoms with E-state index in [1.165, 1.54) is 0 Å². The van der Waals surface area contributed by atoms with Crippen LogP contribution in [0.15, 0.2) is 42.5 Å². The van der Waals surface area contributed by atoms with Crippen LogP contribution < -0.4 is 14.2 Å². The minimum absolute atomic E-state index is 0.186. The average Bonchev–Trinajstić information content (AvgIpc) is 2.69. The van der Waals surface area contributed by atoms with Gasteiger partial charge in [0, 0.05) is 6.07 Å². The van der Waals surface area contributed by atoms with Gasteiger partial charge >= 0.3 is 0 Å². The summed E-state index contributed by atoms with van der Waals surface area (Å²) >= 11 is 0. The predicted molar refractivity (Wildman–Crippen MR) is 118 cm³/mol. The highest BCUT2D eigenvalue weighted by atomic mass is 16.5. The van der Waals surface area contributed by atoms with Crippen molar-refractivity contribution in [2.75, 3.05) is 14.2 Å². The van der Waals surface area contributed by atoms with Crippen molar-refractivity contribution in [3.05, 3.63) is 53.6 Å². The fourth-order valence-electron chi connectivity index (χ4n) is 2.12. The monoisotopic (exact) mass is 372 g/mol. The van der Waals surface area contributed by atoms with Crippen molar-refractivity contribution in [1.82, 2.24) is 0 Å². The Bertz CT molecular complexity index is 643. The van der Waals surface area contributed by atoms with Crippen LogP contribution in [0.5, 0.6) is 17.2 Å². The quantitative estimate of drug-likeness (QED) is 0.524. The lowest BCUT2D eigenvalue weighted by atomic mass is 10.1. The van der Waals surface area contributed by atoms with Crippen molar-refractivity contribution in [2.45, 2.75) is 54.1 Å². The Labute approximate surface area is 166 Å². The number of methoxy groups -OCH3 is 2. The molecule has 0 aliphatic rings. The molecule has 3 heteroatoms. The predicted octanol–water partition coefficient (Wildman–Crippen LogP) is 7.10. The van der Waals surface area contributed by atoms with Gasteiger partial charge in [-0.1, -0.05) is 52.0 Å². The van der Waals surface area contributed by atoms with Crippen LogP contribution in [-0.2, 0) is 0 Å². The van der Waals surface area contributed by atoms with Gasteiger partial charge < -0.3 is 14.2 Å². The molecule has 27 heavy (non-hydrogen) atoms. The third-order valence-electron chi connectivity index (χ3n) is 3.15. The first-order chi connectivity index (χ1) is 12.9. The van der Waals surface area contributed by atoms with Crippen molar-refractivity contribution >= 4 is 12.2 Å². The molecule has 2 aromatic carbocycles. The van der Waals surface area contributed by atoms with Gasteiger partial charge in [-0.3, -0.25) is 0 Å². The van der Waals surface area contributed by atoms with E-state index in [4.69, 9.17) is 14.2 Å². The van der Waals surface area contributed by atoms with E-state index >= 15 is 0 Å². The van der Waals surface area contributed by atoms with Gasteiger partial charge in [-0.25, -0.2) is 0 Å². The van der Waals surface area contributed by atoms with Crippen LogP contribution in [-0.4, -0.2) is 19.8 Å². The second-order valence-electron chi connectivity index (χ2n) is 6.26. The number of benzene rings is 2. The number of ether oxygens (including phenoxy) is 3. The molecule has 0 unspecified atom stereocenters. The summed E-state index contributed by atoms with van der Waals surface area (Å²) < 4.78 is 16.4. The second kappa shape index (κ2) is 12.9. The van der Waals surface area contributed by atoms with Gasteiger partial charge in [0.2, 0.25) is 0 Å². The molecule has 0 atom stereocenters. The topological polar surface area (TPSA) is 27.7 Å². The smallest absolute Gasteiger partial charge is 0.123 e. The summed E-state index contributed by atoms with van der Waals surface area (Å²) in [6.07, 6.45) is 4.08. The molecule has 0 heterocycles. The molecule has 0 N–H and O–H groups in total. The lowest BCUT2D eigenvalue weighted by molar-refractivity contribution is 0.131. The molecule has 0 aliphatic carbocycles. The molecule has 150 valence electrons. The Morgan fingerprint density at radius 2 is 1.07 bits per heavy atom. The molecule has 0 fully saturated rings. The summed E-state index contributed by atoms with van der Waals surface area (Å²) in [4.78, 5) is 0. The third-order valence-corrected chi connectivity index (χ3v) is 3.15. The van der Waals surface area contributed by atoms with Gasteiger partial charge in [-0.15, -0.1) is 0 Å². The standard InChI is InChI=1S/C20H24O3.2C2H6/c1-20(2,3)23-17-10-8-15(9-11-17)6-7-16-12-18(21-4)14-19(13-16)22-5;2*1-2/h6-14H,1-5H3;2*1-2H3/b7-6+;;. The summed E-state index contributed by atoms with van der Waals surface area (Å²) in [7, 11) is 3.30. The van der Waals surface area contributed by atoms with Gasteiger partial charge in [0.1, 0.15) is 22.8 Å². The fourth-order valence-corrected chi connectivity index (χ4v) is 2.12. The zero-order chi connectivity index (χ0) is 20.9. The molecule has 2 aromatic rings. The molecular formula is C24H36O3. The van der Waals surface area contributed by atoms with E-state index in [-0.39, 0.29) is 5.60 Å². The van der Waals surface area contributed by atoms with E-state index in [0.29, 0.717) is 0 Å². The maximum atomic E-state index is 5.82. The zero-order valence-electron chi connectivity index (χ0n) is 18.4. The molecular weight excluding hydrogens is 336 g/mol. The number of hydrogen-bond acceptors (Lipinski definition) is 3. The average molecular weight is 373 g/mol. The van der Waals surface area contributed by atoms with Gasteiger partial charge in [0.25, 0.3) is 0 Å². The highest BCUT2D eigenvalue weighted by Crippen LogP contribution is 2.24. The van der Waals surface area contributed by atoms with E-state index in [1.807, 2.05) is 97.0 Å². The van der Waals surface area contributed by atoms with E-state index in [2.05, 4.69) is 6.08 Å². The molecule has 0 aliphatic heterocycles. The maximum absolute atomic E-state index is 5.82. The van der Waals surface area contributed by atoms with Crippen molar-refractivity contribution in [1.29, 1.82) is 0 Å². The van der Waals surface area contributed by atoms with Crippen LogP contribution in [0.2, 0.25) is 0 Å². The summed E-state index contributed by atoms with van der Waals surface area (Å²) in [6.45, 7) is 14.1. The molecule has 3 nitrogen and oxygen atoms in total. The van der Waals surface area contributed by atoms with Crippen LogP contribution >= 0.6 is 0 Å².